The van der Waals surface area contributed by atoms with Crippen molar-refractivity contribution >= 4 is 39.1 Å². The van der Waals surface area contributed by atoms with E-state index < -0.39 is 6.53 Å². The van der Waals surface area contributed by atoms with Gasteiger partial charge in [0.2, 0.25) is 1.43 Å². The van der Waals surface area contributed by atoms with Crippen molar-refractivity contribution in [1.82, 2.24) is 0 Å². The maximum atomic E-state index is 6.78. The van der Waals surface area contributed by atoms with Gasteiger partial charge in [-0.1, -0.05) is 6.82 Å². The van der Waals surface area contributed by atoms with Crippen molar-refractivity contribution in [3.8, 4) is 0 Å². The minimum Gasteiger partial charge on any atom is -0.493 e. The van der Waals surface area contributed by atoms with E-state index in [1.807, 2.05) is 6.82 Å². The molecule has 0 aromatic rings. The van der Waals surface area contributed by atoms with Crippen molar-refractivity contribution < 1.29 is 19.2 Å². The van der Waals surface area contributed by atoms with E-state index in [1.54, 1.807) is 6.08 Å². The summed E-state index contributed by atoms with van der Waals surface area (Å²) in [6.45, 7) is 1.46. The average molecular weight is 260 g/mol. The Labute approximate surface area is 104 Å². The van der Waals surface area contributed by atoms with Crippen molar-refractivity contribution in [3.63, 3.8) is 0 Å². The molecule has 86 valence electrons. The first-order chi connectivity index (χ1) is 8.04. The number of ether oxygens (including phenoxy) is 1. The van der Waals surface area contributed by atoms with E-state index in [2.05, 4.69) is 23.3 Å². The number of hydrogen-bond acceptors (Lipinski definition) is 4. The van der Waals surface area contributed by atoms with Gasteiger partial charge in [0.05, 0.1) is 26.7 Å². The van der Waals surface area contributed by atoms with Gasteiger partial charge in [0, 0.05) is 0 Å². The Hall–Kier alpha value is 0.475. The molecule has 0 aromatic carbocycles. The van der Waals surface area contributed by atoms with Gasteiger partial charge in [0.25, 0.3) is 6.53 Å². The second-order valence-corrected chi connectivity index (χ2v) is 5.14. The van der Waals surface area contributed by atoms with E-state index in [1.165, 1.54) is 6.26 Å². The van der Waals surface area contributed by atoms with E-state index in [9.17, 15) is 0 Å². The van der Waals surface area contributed by atoms with Crippen LogP contribution >= 0.6 is 18.2 Å². The van der Waals surface area contributed by atoms with Gasteiger partial charge in [-0.05, 0) is 6.08 Å². The Morgan fingerprint density at radius 1 is 1.62 bits per heavy atom. The van der Waals surface area contributed by atoms with Gasteiger partial charge in [-0.2, -0.15) is 0 Å². The fourth-order valence-electron chi connectivity index (χ4n) is 1.47. The van der Waals surface area contributed by atoms with Crippen LogP contribution in [0.15, 0.2) is 12.3 Å². The highest BCUT2D eigenvalue weighted by Crippen LogP contribution is 2.21. The summed E-state index contributed by atoms with van der Waals surface area (Å²) in [5, 5.41) is 4.36. The van der Waals surface area contributed by atoms with Crippen molar-refractivity contribution in [2.24, 2.45) is 0 Å². The van der Waals surface area contributed by atoms with E-state index in [0.29, 0.717) is 0 Å². The molecule has 5 atom stereocenters. The van der Waals surface area contributed by atoms with E-state index in [-0.39, 0.29) is 31.6 Å². The maximum absolute atomic E-state index is 6.78. The molecule has 1 heterocycles. The fourth-order valence-corrected chi connectivity index (χ4v) is 1.84. The zero-order valence-corrected chi connectivity index (χ0v) is 11.4. The summed E-state index contributed by atoms with van der Waals surface area (Å²) in [4.78, 5) is 0. The standard InChI is InChI=1S/C7H15B3O4P2/c1-9(15)14-7-5(13-10(8)16)2-3-12-6(7)4-11/h2-3,5-7,11H,4,15-16H2,1H3/t5-,6?,7+/m1/s1/i11T. The molecule has 3 unspecified atom stereocenters. The molecule has 9 heteroatoms. The summed E-state index contributed by atoms with van der Waals surface area (Å²) in [6.07, 6.45) is 2.20. The van der Waals surface area contributed by atoms with Gasteiger partial charge in [-0.15, -0.1) is 18.2 Å². The molecule has 0 spiro atoms. The van der Waals surface area contributed by atoms with Crippen LogP contribution in [-0.4, -0.2) is 52.4 Å². The average Bonchev–Trinajstić information content (AvgIpc) is 2.21. The molecule has 16 heavy (non-hydrogen) atoms. The van der Waals surface area contributed by atoms with Crippen LogP contribution in [0.25, 0.3) is 0 Å². The van der Waals surface area contributed by atoms with Gasteiger partial charge >= 0.3 is 6.64 Å². The Balaban J connectivity index is 2.70. The molecule has 0 amide bonds. The number of hydrogen-bond donors (Lipinski definition) is 1. The molecule has 1 N–H and O–H groups in total. The quantitative estimate of drug-likeness (QED) is 0.525. The van der Waals surface area contributed by atoms with E-state index >= 15 is 0 Å². The highest BCUT2D eigenvalue weighted by atomic mass is 31.0. The molecule has 0 saturated heterocycles. The Bertz CT molecular complexity index is 259. The Morgan fingerprint density at radius 3 is 2.94 bits per heavy atom. The molecular weight excluding hydrogens is 242 g/mol. The second-order valence-electron chi connectivity index (χ2n) is 3.54. The lowest BCUT2D eigenvalue weighted by Gasteiger charge is -2.35. The maximum Gasteiger partial charge on any atom is 0.312 e. The number of rotatable bonds is 6. The summed E-state index contributed by atoms with van der Waals surface area (Å²) >= 11 is 0. The van der Waals surface area contributed by atoms with E-state index in [4.69, 9.17) is 23.2 Å². The zero-order chi connectivity index (χ0) is 12.8. The minimum absolute atomic E-state index is 0.0600. The van der Waals surface area contributed by atoms with Crippen LogP contribution in [0.3, 0.4) is 0 Å². The summed E-state index contributed by atoms with van der Waals surface area (Å²) < 4.78 is 23.3. The van der Waals surface area contributed by atoms with Crippen LogP contribution in [0.2, 0.25) is 6.82 Å². The third kappa shape index (κ3) is 4.39. The number of aliphatic hydroxyl groups excluding tert-OH is 1. The first-order valence-corrected chi connectivity index (χ1v) is 6.36. The predicted molar refractivity (Wildman–Crippen MR) is 73.4 cm³/mol. The lowest BCUT2D eigenvalue weighted by atomic mass is 9.69. The minimum atomic E-state index is -0.480. The van der Waals surface area contributed by atoms with Crippen LogP contribution in [-0.2, 0) is 14.0 Å². The predicted octanol–water partition coefficient (Wildman–Crippen LogP) is -0.317. The summed E-state index contributed by atoms with van der Waals surface area (Å²) in [6, 6.07) is 0. The molecule has 0 bridgehead atoms. The van der Waals surface area contributed by atoms with Crippen LogP contribution in [0.1, 0.15) is 0 Å². The molecule has 2 radical (unpaired) electrons. The first-order valence-electron chi connectivity index (χ1n) is 5.43. The Morgan fingerprint density at radius 2 is 2.38 bits per heavy atom. The van der Waals surface area contributed by atoms with Crippen LogP contribution < -0.4 is 0 Å². The topological polar surface area (TPSA) is 47.9 Å². The summed E-state index contributed by atoms with van der Waals surface area (Å²) in [5.41, 5.74) is 0. The lowest BCUT2D eigenvalue weighted by molar-refractivity contribution is -0.0607. The lowest BCUT2D eigenvalue weighted by Crippen LogP contribution is -2.48. The Kier molecular flexibility index (Phi) is 5.68. The molecule has 1 aliphatic heterocycles. The largest absolute Gasteiger partial charge is 0.493 e. The van der Waals surface area contributed by atoms with Crippen LogP contribution in [0, 0.1) is 0 Å². The number of aliphatic hydroxyl groups is 1. The molecule has 0 saturated carbocycles. The molecule has 1 rings (SSSR count). The van der Waals surface area contributed by atoms with Crippen molar-refractivity contribution in [1.29, 1.82) is 1.43 Å². The van der Waals surface area contributed by atoms with E-state index in [0.717, 1.165) is 0 Å². The third-order valence-corrected chi connectivity index (χ3v) is 2.38. The second kappa shape index (κ2) is 7.03. The van der Waals surface area contributed by atoms with Gasteiger partial charge in [0.1, 0.15) is 12.2 Å². The van der Waals surface area contributed by atoms with Gasteiger partial charge < -0.3 is 19.2 Å². The molecule has 0 aromatic heterocycles. The molecular formula is C7H15B3O4P2. The molecule has 1 aliphatic rings. The van der Waals surface area contributed by atoms with Gasteiger partial charge in [-0.3, -0.25) is 0 Å². The van der Waals surface area contributed by atoms with Gasteiger partial charge in [0.15, 0.2) is 0 Å². The highest BCUT2D eigenvalue weighted by Gasteiger charge is 2.34. The van der Waals surface area contributed by atoms with Crippen molar-refractivity contribution in [2.75, 3.05) is 6.61 Å². The monoisotopic (exact) mass is 260 g/mol. The van der Waals surface area contributed by atoms with Crippen molar-refractivity contribution in [3.05, 3.63) is 12.3 Å². The third-order valence-electron chi connectivity index (χ3n) is 2.06. The molecule has 4 nitrogen and oxygen atoms in total. The first kappa shape index (κ1) is 12.9. The van der Waals surface area contributed by atoms with Gasteiger partial charge in [-0.25, -0.2) is 0 Å². The molecule has 0 aliphatic carbocycles. The SMILES string of the molecule is [3H]OCC1OC=C[C@@H](OB([B])P)[C@@H]1OB(C)P. The smallest absolute Gasteiger partial charge is 0.312 e. The summed E-state index contributed by atoms with van der Waals surface area (Å²) in [5.74, 6) is 0. The van der Waals surface area contributed by atoms with Crippen LogP contribution in [0.4, 0.5) is 0 Å². The fraction of sp³-hybridized carbons (Fsp3) is 0.714. The zero-order valence-electron chi connectivity index (χ0n) is 10.1. The normalized spacial score (nSPS) is 29.4. The van der Waals surface area contributed by atoms with Crippen molar-refractivity contribution in [2.45, 2.75) is 25.1 Å². The van der Waals surface area contributed by atoms with Crippen LogP contribution in [0.5, 0.6) is 0 Å². The molecule has 0 fully saturated rings. The highest BCUT2D eigenvalue weighted by molar-refractivity contribution is 7.70. The summed E-state index contributed by atoms with van der Waals surface area (Å²) in [7, 11) is 10.5.